The largest absolute Gasteiger partial charge is 0.324 e. The molecule has 10 heteroatoms. The molecule has 2 aromatic heterocycles. The maximum atomic E-state index is 13.7. The summed E-state index contributed by atoms with van der Waals surface area (Å²) < 4.78 is 38.8. The number of hydrogen-bond donors (Lipinski definition) is 2. The number of anilines is 2. The maximum Gasteiger partial charge on any atom is 0.238 e. The van der Waals surface area contributed by atoms with Gasteiger partial charge in [-0.3, -0.25) is 4.99 Å². The molecule has 1 aromatic carbocycles. The van der Waals surface area contributed by atoms with Gasteiger partial charge in [-0.2, -0.15) is 4.98 Å². The van der Waals surface area contributed by atoms with Crippen molar-refractivity contribution >= 4 is 38.9 Å². The lowest BCUT2D eigenvalue weighted by Crippen LogP contribution is -2.41. The normalized spacial score (nSPS) is 20.1. The van der Waals surface area contributed by atoms with Crippen molar-refractivity contribution < 1.29 is 12.8 Å². The molecule has 0 radical (unpaired) electrons. The van der Waals surface area contributed by atoms with E-state index in [1.165, 1.54) is 18.6 Å². The van der Waals surface area contributed by atoms with Crippen LogP contribution >= 0.6 is 0 Å². The number of hydrogen-bond acceptors (Lipinski definition) is 6. The molecular weight excluding hydrogens is 419 g/mol. The number of alkyl halides is 1. The fourth-order valence-electron chi connectivity index (χ4n) is 4.64. The lowest BCUT2D eigenvalue weighted by Gasteiger charge is -2.40. The number of nitrogens with zero attached hydrogens (tertiary/aromatic N) is 4. The standard InChI is InChI=1S/C21H23FN6O2S/c22-11-17-18-10-14-12-24-20(26-15-4-6-16(7-5-15)31(23,29)30)27-19(14)28(18)21(13-25-17)8-2-1-3-9-21/h4-7,10,12-13,17H,1-3,8-9,11H2,(H2,23,29,30)(H,24,26,27)/t17-/m0/s1. The van der Waals surface area contributed by atoms with Gasteiger partial charge in [0.2, 0.25) is 16.0 Å². The Morgan fingerprint density at radius 2 is 1.94 bits per heavy atom. The predicted molar refractivity (Wildman–Crippen MR) is 117 cm³/mol. The highest BCUT2D eigenvalue weighted by atomic mass is 32.2. The lowest BCUT2D eigenvalue weighted by molar-refractivity contribution is 0.269. The Bertz CT molecular complexity index is 1260. The SMILES string of the molecule is NS(=O)(=O)c1ccc(Nc2ncc3cc4n(c3n2)C2(C=N[C@H]4CF)CCCCC2)cc1. The third kappa shape index (κ3) is 3.49. The number of nitrogens with two attached hydrogens (primary N) is 1. The molecule has 1 atom stereocenters. The molecule has 3 aromatic rings. The van der Waals surface area contributed by atoms with Crippen molar-refractivity contribution in [2.75, 3.05) is 12.0 Å². The fraction of sp³-hybridized carbons (Fsp3) is 0.381. The van der Waals surface area contributed by atoms with Crippen molar-refractivity contribution in [2.45, 2.75) is 48.6 Å². The number of fused-ring (bicyclic) bond motifs is 4. The minimum Gasteiger partial charge on any atom is -0.324 e. The van der Waals surface area contributed by atoms with Crippen LogP contribution in [-0.4, -0.2) is 35.8 Å². The number of nitrogens with one attached hydrogen (secondary N) is 1. The predicted octanol–water partition coefficient (Wildman–Crippen LogP) is 3.58. The number of aliphatic imine (C=N–C) groups is 1. The number of rotatable bonds is 4. The first-order chi connectivity index (χ1) is 14.9. The third-order valence-electron chi connectivity index (χ3n) is 6.16. The average Bonchev–Trinajstić information content (AvgIpc) is 3.15. The Morgan fingerprint density at radius 1 is 1.19 bits per heavy atom. The monoisotopic (exact) mass is 442 g/mol. The summed E-state index contributed by atoms with van der Waals surface area (Å²) in [7, 11) is -3.75. The van der Waals surface area contributed by atoms with Gasteiger partial charge in [-0.15, -0.1) is 0 Å². The minimum atomic E-state index is -3.75. The second kappa shape index (κ2) is 7.38. The second-order valence-corrected chi connectivity index (χ2v) is 9.75. The Morgan fingerprint density at radius 3 is 2.61 bits per heavy atom. The van der Waals surface area contributed by atoms with Crippen LogP contribution in [0.15, 0.2) is 46.4 Å². The fourth-order valence-corrected chi connectivity index (χ4v) is 5.15. The summed E-state index contributed by atoms with van der Waals surface area (Å²) in [4.78, 5) is 13.7. The van der Waals surface area contributed by atoms with Crippen molar-refractivity contribution in [2.24, 2.45) is 10.1 Å². The van der Waals surface area contributed by atoms with Gasteiger partial charge in [0.15, 0.2) is 0 Å². The summed E-state index contributed by atoms with van der Waals surface area (Å²) in [6.07, 6.45) is 8.94. The van der Waals surface area contributed by atoms with E-state index in [0.717, 1.165) is 42.4 Å². The number of primary sulfonamides is 1. The maximum absolute atomic E-state index is 13.7. The number of halogens is 1. The summed E-state index contributed by atoms with van der Waals surface area (Å²) >= 11 is 0. The molecule has 0 amide bonds. The summed E-state index contributed by atoms with van der Waals surface area (Å²) in [6.45, 7) is -0.558. The summed E-state index contributed by atoms with van der Waals surface area (Å²) in [5.74, 6) is 0.377. The molecule has 1 aliphatic carbocycles. The van der Waals surface area contributed by atoms with Crippen molar-refractivity contribution in [1.82, 2.24) is 14.5 Å². The van der Waals surface area contributed by atoms with Crippen molar-refractivity contribution in [3.05, 3.63) is 42.2 Å². The quantitative estimate of drug-likeness (QED) is 0.641. The van der Waals surface area contributed by atoms with Crippen LogP contribution < -0.4 is 10.5 Å². The third-order valence-corrected chi connectivity index (χ3v) is 7.08. The van der Waals surface area contributed by atoms with Crippen molar-refractivity contribution in [3.8, 4) is 0 Å². The van der Waals surface area contributed by atoms with Gasteiger partial charge < -0.3 is 9.88 Å². The van der Waals surface area contributed by atoms with Crippen LogP contribution in [0.1, 0.15) is 43.8 Å². The van der Waals surface area contributed by atoms with E-state index >= 15 is 0 Å². The van der Waals surface area contributed by atoms with Gasteiger partial charge in [-0.1, -0.05) is 19.3 Å². The van der Waals surface area contributed by atoms with Crippen LogP contribution in [0.3, 0.4) is 0 Å². The van der Waals surface area contributed by atoms with Gasteiger partial charge in [-0.25, -0.2) is 22.9 Å². The van der Waals surface area contributed by atoms with Gasteiger partial charge in [0.25, 0.3) is 0 Å². The van der Waals surface area contributed by atoms with Gasteiger partial charge in [-0.05, 0) is 43.2 Å². The minimum absolute atomic E-state index is 0.0332. The van der Waals surface area contributed by atoms with E-state index in [1.807, 2.05) is 12.3 Å². The van der Waals surface area contributed by atoms with E-state index in [1.54, 1.807) is 18.3 Å². The zero-order valence-corrected chi connectivity index (χ0v) is 17.6. The van der Waals surface area contributed by atoms with E-state index in [4.69, 9.17) is 10.1 Å². The molecule has 1 aliphatic heterocycles. The van der Waals surface area contributed by atoms with Crippen LogP contribution in [0.4, 0.5) is 16.0 Å². The second-order valence-electron chi connectivity index (χ2n) is 8.18. The highest BCUT2D eigenvalue weighted by molar-refractivity contribution is 7.89. The average molecular weight is 443 g/mol. The first-order valence-corrected chi connectivity index (χ1v) is 11.8. The number of aromatic nitrogens is 3. The van der Waals surface area contributed by atoms with Crippen LogP contribution in [0.2, 0.25) is 0 Å². The van der Waals surface area contributed by atoms with Crippen LogP contribution in [0.25, 0.3) is 11.0 Å². The molecule has 8 nitrogen and oxygen atoms in total. The summed E-state index contributed by atoms with van der Waals surface area (Å²) in [5, 5.41) is 9.11. The van der Waals surface area contributed by atoms with E-state index in [9.17, 15) is 12.8 Å². The van der Waals surface area contributed by atoms with Crippen molar-refractivity contribution in [1.29, 1.82) is 0 Å². The highest BCUT2D eigenvalue weighted by Gasteiger charge is 2.39. The molecule has 0 bridgehead atoms. The zero-order valence-electron chi connectivity index (χ0n) is 16.8. The molecule has 3 N–H and O–H groups in total. The topological polar surface area (TPSA) is 115 Å². The number of sulfonamides is 1. The van der Waals surface area contributed by atoms with E-state index in [0.29, 0.717) is 11.6 Å². The molecule has 1 fully saturated rings. The smallest absolute Gasteiger partial charge is 0.238 e. The molecule has 0 saturated heterocycles. The molecule has 2 aliphatic rings. The molecule has 162 valence electrons. The molecule has 5 rings (SSSR count). The first-order valence-electron chi connectivity index (χ1n) is 10.3. The Hall–Kier alpha value is -2.85. The summed E-state index contributed by atoms with van der Waals surface area (Å²) in [6, 6.07) is 7.48. The lowest BCUT2D eigenvalue weighted by atomic mass is 9.81. The van der Waals surface area contributed by atoms with Gasteiger partial charge in [0.05, 0.1) is 10.4 Å². The van der Waals surface area contributed by atoms with Gasteiger partial charge >= 0.3 is 0 Å². The molecule has 1 spiro atoms. The zero-order chi connectivity index (χ0) is 21.6. The van der Waals surface area contributed by atoms with Crippen LogP contribution in [-0.2, 0) is 15.6 Å². The van der Waals surface area contributed by atoms with Crippen LogP contribution in [0, 0.1) is 0 Å². The van der Waals surface area contributed by atoms with E-state index in [-0.39, 0.29) is 10.4 Å². The van der Waals surface area contributed by atoms with Crippen LogP contribution in [0.5, 0.6) is 0 Å². The summed E-state index contributed by atoms with van der Waals surface area (Å²) in [5.41, 5.74) is 1.95. The Labute approximate surface area is 179 Å². The molecular formula is C21H23FN6O2S. The van der Waals surface area contributed by atoms with Crippen molar-refractivity contribution in [3.63, 3.8) is 0 Å². The molecule has 1 saturated carbocycles. The highest BCUT2D eigenvalue weighted by Crippen LogP contribution is 2.42. The Kier molecular flexibility index (Phi) is 4.78. The molecule has 3 heterocycles. The van der Waals surface area contributed by atoms with Gasteiger partial charge in [0.1, 0.15) is 18.4 Å². The molecule has 31 heavy (non-hydrogen) atoms. The Balaban J connectivity index is 1.55. The molecule has 0 unspecified atom stereocenters. The van der Waals surface area contributed by atoms with E-state index < -0.39 is 22.7 Å². The number of benzene rings is 1. The van der Waals surface area contributed by atoms with Gasteiger partial charge in [0, 0.05) is 29.2 Å². The first kappa shape index (κ1) is 20.1. The van der Waals surface area contributed by atoms with E-state index in [2.05, 4.69) is 19.9 Å².